The number of carbonyl (C=O) groups excluding carboxylic acids is 1. The zero-order valence-corrected chi connectivity index (χ0v) is 16.5. The minimum atomic E-state index is -3.39. The van der Waals surface area contributed by atoms with Gasteiger partial charge in [0.25, 0.3) is 5.91 Å². The van der Waals surface area contributed by atoms with Crippen LogP contribution in [0.1, 0.15) is 28.9 Å². The fourth-order valence-electron chi connectivity index (χ4n) is 2.55. The average molecular weight is 400 g/mol. The van der Waals surface area contributed by atoms with Crippen LogP contribution in [0.4, 0.5) is 0 Å². The molecule has 3 rings (SSSR count). The second-order valence-corrected chi connectivity index (χ2v) is 8.50. The summed E-state index contributed by atoms with van der Waals surface area (Å²) in [5.74, 6) is -0.343. The van der Waals surface area contributed by atoms with Crippen molar-refractivity contribution in [1.29, 1.82) is 0 Å². The first kappa shape index (κ1) is 19.6. The maximum Gasteiger partial charge on any atom is 0.251 e. The molecule has 0 spiro atoms. The molecule has 0 aliphatic heterocycles. The number of sulfone groups is 1. The van der Waals surface area contributed by atoms with Gasteiger partial charge in [-0.15, -0.1) is 5.10 Å². The predicted molar refractivity (Wildman–Crippen MR) is 102 cm³/mol. The molecule has 10 heteroatoms. The van der Waals surface area contributed by atoms with E-state index in [0.717, 1.165) is 6.26 Å². The average Bonchev–Trinajstić information content (AvgIpc) is 3.16. The van der Waals surface area contributed by atoms with Crippen molar-refractivity contribution >= 4 is 15.7 Å². The lowest BCUT2D eigenvalue weighted by Gasteiger charge is -2.14. The number of nitrogens with one attached hydrogen (secondary N) is 1. The maximum atomic E-state index is 12.5. The lowest BCUT2D eigenvalue weighted by Crippen LogP contribution is -2.30. The monoisotopic (exact) mass is 400 g/mol. The number of aryl methyl sites for hydroxylation is 1. The summed E-state index contributed by atoms with van der Waals surface area (Å²) >= 11 is 0. The van der Waals surface area contributed by atoms with E-state index in [1.807, 2.05) is 6.92 Å². The largest absolute Gasteiger partial charge is 0.350 e. The van der Waals surface area contributed by atoms with Gasteiger partial charge in [-0.25, -0.2) is 13.1 Å². The maximum absolute atomic E-state index is 12.5. The first-order valence-corrected chi connectivity index (χ1v) is 10.4. The number of rotatable bonds is 6. The van der Waals surface area contributed by atoms with Crippen molar-refractivity contribution in [2.75, 3.05) is 12.8 Å². The smallest absolute Gasteiger partial charge is 0.251 e. The minimum absolute atomic E-state index is 0.112. The predicted octanol–water partition coefficient (Wildman–Crippen LogP) is 1.44. The molecule has 0 radical (unpaired) electrons. The van der Waals surface area contributed by atoms with E-state index in [4.69, 9.17) is 0 Å². The van der Waals surface area contributed by atoms with E-state index in [9.17, 15) is 13.2 Å². The summed E-state index contributed by atoms with van der Waals surface area (Å²) in [5, 5.41) is 11.0. The molecule has 1 atom stereocenters. The van der Waals surface area contributed by atoms with Gasteiger partial charge >= 0.3 is 0 Å². The highest BCUT2D eigenvalue weighted by Gasteiger charge is 2.16. The molecule has 1 aromatic carbocycles. The summed E-state index contributed by atoms with van der Waals surface area (Å²) in [6.07, 6.45) is 7.59. The lowest BCUT2D eigenvalue weighted by molar-refractivity contribution is 0.0947. The Morgan fingerprint density at radius 2 is 2.04 bits per heavy atom. The van der Waals surface area contributed by atoms with Gasteiger partial charge in [-0.05, 0) is 31.5 Å². The molecule has 0 saturated heterocycles. The van der Waals surface area contributed by atoms with Crippen LogP contribution in [0.25, 0.3) is 11.4 Å². The van der Waals surface area contributed by atoms with E-state index in [0.29, 0.717) is 29.1 Å². The lowest BCUT2D eigenvalue weighted by atomic mass is 10.1. The quantitative estimate of drug-likeness (QED) is 0.665. The number of aromatic nitrogens is 5. The molecule has 1 unspecified atom stereocenters. The number of benzene rings is 1. The van der Waals surface area contributed by atoms with Gasteiger partial charge in [0.15, 0.2) is 9.84 Å². The van der Waals surface area contributed by atoms with E-state index in [2.05, 4.69) is 25.6 Å². The van der Waals surface area contributed by atoms with Gasteiger partial charge in [-0.2, -0.15) is 0 Å². The van der Waals surface area contributed by atoms with Crippen LogP contribution in [0, 0.1) is 6.92 Å². The second kappa shape index (κ2) is 7.85. The molecule has 1 amide bonds. The highest BCUT2D eigenvalue weighted by Crippen LogP contribution is 2.16. The van der Waals surface area contributed by atoms with E-state index in [1.54, 1.807) is 42.5 Å². The van der Waals surface area contributed by atoms with Gasteiger partial charge in [0.1, 0.15) is 11.4 Å². The summed E-state index contributed by atoms with van der Waals surface area (Å²) in [6, 6.07) is 4.35. The molecule has 9 nitrogen and oxygen atoms in total. The Balaban J connectivity index is 1.69. The van der Waals surface area contributed by atoms with E-state index < -0.39 is 9.84 Å². The molecule has 0 fully saturated rings. The van der Waals surface area contributed by atoms with Gasteiger partial charge in [-0.3, -0.25) is 14.8 Å². The standard InChI is InChI=1S/C18H20N6O3S/c1-12-4-5-14(28(3,26)27)8-15(12)18(25)21-9-13(2)24-11-17(22-23-24)16-10-19-6-7-20-16/h4-8,10-11,13H,9H2,1-3H3,(H,21,25). The van der Waals surface area contributed by atoms with Crippen LogP contribution < -0.4 is 5.32 Å². The number of amides is 1. The number of hydrogen-bond donors (Lipinski definition) is 1. The molecule has 1 N–H and O–H groups in total. The third kappa shape index (κ3) is 4.39. The number of carbonyl (C=O) groups is 1. The van der Waals surface area contributed by atoms with Crippen LogP contribution in [0.5, 0.6) is 0 Å². The Kier molecular flexibility index (Phi) is 5.50. The summed E-state index contributed by atoms with van der Waals surface area (Å²) in [5.41, 5.74) is 2.22. The molecule has 0 saturated carbocycles. The Morgan fingerprint density at radius 1 is 1.25 bits per heavy atom. The van der Waals surface area contributed by atoms with E-state index in [-0.39, 0.29) is 16.8 Å². The molecule has 0 aliphatic carbocycles. The fraction of sp³-hybridized carbons (Fsp3) is 0.278. The number of nitrogens with zero attached hydrogens (tertiary/aromatic N) is 5. The van der Waals surface area contributed by atoms with Crippen LogP contribution in [0.2, 0.25) is 0 Å². The highest BCUT2D eigenvalue weighted by molar-refractivity contribution is 7.90. The molecule has 28 heavy (non-hydrogen) atoms. The minimum Gasteiger partial charge on any atom is -0.350 e. The van der Waals surface area contributed by atoms with Crippen molar-refractivity contribution in [3.8, 4) is 11.4 Å². The third-order valence-corrected chi connectivity index (χ3v) is 5.34. The van der Waals surface area contributed by atoms with Crippen molar-refractivity contribution in [2.24, 2.45) is 0 Å². The Bertz CT molecular complexity index is 1100. The summed E-state index contributed by atoms with van der Waals surface area (Å²) in [6.45, 7) is 3.94. The van der Waals surface area contributed by atoms with E-state index in [1.165, 1.54) is 12.1 Å². The second-order valence-electron chi connectivity index (χ2n) is 6.48. The molecule has 3 aromatic rings. The third-order valence-electron chi connectivity index (χ3n) is 4.23. The van der Waals surface area contributed by atoms with Crippen LogP contribution in [0.15, 0.2) is 47.9 Å². The molecule has 2 heterocycles. The molecular formula is C18H20N6O3S. The first-order valence-electron chi connectivity index (χ1n) is 8.53. The van der Waals surface area contributed by atoms with Crippen molar-refractivity contribution in [2.45, 2.75) is 24.8 Å². The van der Waals surface area contributed by atoms with Crippen LogP contribution >= 0.6 is 0 Å². The number of hydrogen-bond acceptors (Lipinski definition) is 7. The Hall–Kier alpha value is -3.14. The fourth-order valence-corrected chi connectivity index (χ4v) is 3.19. The normalized spacial score (nSPS) is 12.5. The zero-order chi connectivity index (χ0) is 20.3. The van der Waals surface area contributed by atoms with E-state index >= 15 is 0 Å². The molecule has 0 bridgehead atoms. The van der Waals surface area contributed by atoms with Crippen molar-refractivity contribution in [3.05, 3.63) is 54.1 Å². The SMILES string of the molecule is Cc1ccc(S(C)(=O)=O)cc1C(=O)NCC(C)n1cc(-c2cnccn2)nn1. The first-order chi connectivity index (χ1) is 13.3. The summed E-state index contributed by atoms with van der Waals surface area (Å²) < 4.78 is 25.1. The summed E-state index contributed by atoms with van der Waals surface area (Å²) in [4.78, 5) is 20.8. The topological polar surface area (TPSA) is 120 Å². The van der Waals surface area contributed by atoms with Gasteiger partial charge < -0.3 is 5.32 Å². The molecule has 146 valence electrons. The molecule has 2 aromatic heterocycles. The van der Waals surface area contributed by atoms with Crippen LogP contribution in [0.3, 0.4) is 0 Å². The van der Waals surface area contributed by atoms with Crippen LogP contribution in [-0.4, -0.2) is 52.1 Å². The van der Waals surface area contributed by atoms with Crippen molar-refractivity contribution in [3.63, 3.8) is 0 Å². The van der Waals surface area contributed by atoms with Gasteiger partial charge in [0.05, 0.1) is 23.3 Å². The highest BCUT2D eigenvalue weighted by atomic mass is 32.2. The Labute approximate surface area is 162 Å². The molecular weight excluding hydrogens is 380 g/mol. The van der Waals surface area contributed by atoms with Gasteiger partial charge in [0, 0.05) is 30.8 Å². The van der Waals surface area contributed by atoms with Crippen molar-refractivity contribution < 1.29 is 13.2 Å². The van der Waals surface area contributed by atoms with Crippen molar-refractivity contribution in [1.82, 2.24) is 30.3 Å². The Morgan fingerprint density at radius 3 is 2.71 bits per heavy atom. The van der Waals surface area contributed by atoms with Gasteiger partial charge in [-0.1, -0.05) is 11.3 Å². The summed E-state index contributed by atoms with van der Waals surface area (Å²) in [7, 11) is -3.39. The molecule has 0 aliphatic rings. The van der Waals surface area contributed by atoms with Gasteiger partial charge in [0.2, 0.25) is 0 Å². The van der Waals surface area contributed by atoms with Crippen LogP contribution in [-0.2, 0) is 9.84 Å². The zero-order valence-electron chi connectivity index (χ0n) is 15.7.